The summed E-state index contributed by atoms with van der Waals surface area (Å²) in [6.07, 6.45) is 1.75. The molecule has 0 aliphatic carbocycles. The van der Waals surface area contributed by atoms with Gasteiger partial charge in [0, 0.05) is 18.2 Å². The number of hydrogen-bond acceptors (Lipinski definition) is 3. The predicted octanol–water partition coefficient (Wildman–Crippen LogP) is 2.35. The molecule has 0 radical (unpaired) electrons. The highest BCUT2D eigenvalue weighted by atomic mass is 16.4. The molecule has 1 unspecified atom stereocenters. The number of benzene rings is 1. The summed E-state index contributed by atoms with van der Waals surface area (Å²) >= 11 is 0. The highest BCUT2D eigenvalue weighted by molar-refractivity contribution is 5.88. The van der Waals surface area contributed by atoms with Crippen LogP contribution in [0.25, 0.3) is 11.4 Å². The van der Waals surface area contributed by atoms with Gasteiger partial charge in [0.25, 0.3) is 0 Å². The average Bonchev–Trinajstić information content (AvgIpc) is 2.80. The predicted molar refractivity (Wildman–Crippen MR) is 75.5 cm³/mol. The number of rotatable bonds is 2. The molecule has 0 amide bonds. The van der Waals surface area contributed by atoms with Crippen LogP contribution in [0.15, 0.2) is 24.3 Å². The van der Waals surface area contributed by atoms with E-state index >= 15 is 0 Å². The normalized spacial score (nSPS) is 17.8. The SMILES string of the molecule is Cc1cccc(-c2nc(C(=O)O)c3n2CCCC3N)c1. The Morgan fingerprint density at radius 2 is 2.30 bits per heavy atom. The number of aryl methyl sites for hydroxylation is 1. The molecule has 1 atom stereocenters. The van der Waals surface area contributed by atoms with Crippen LogP contribution in [0.3, 0.4) is 0 Å². The molecule has 1 aromatic carbocycles. The Morgan fingerprint density at radius 1 is 1.50 bits per heavy atom. The summed E-state index contributed by atoms with van der Waals surface area (Å²) in [6, 6.07) is 7.68. The first-order valence-corrected chi connectivity index (χ1v) is 6.74. The summed E-state index contributed by atoms with van der Waals surface area (Å²) in [5.74, 6) is -0.304. The summed E-state index contributed by atoms with van der Waals surface area (Å²) in [5, 5.41) is 9.34. The number of fused-ring (bicyclic) bond motifs is 1. The molecule has 5 heteroatoms. The molecule has 3 N–H and O–H groups in total. The first-order valence-electron chi connectivity index (χ1n) is 6.74. The number of nitrogens with zero attached hydrogens (tertiary/aromatic N) is 2. The number of carbonyl (C=O) groups is 1. The molecule has 0 fully saturated rings. The van der Waals surface area contributed by atoms with Crippen molar-refractivity contribution in [1.82, 2.24) is 9.55 Å². The molecule has 1 aromatic heterocycles. The van der Waals surface area contributed by atoms with Gasteiger partial charge < -0.3 is 15.4 Å². The van der Waals surface area contributed by atoms with Crippen LogP contribution >= 0.6 is 0 Å². The van der Waals surface area contributed by atoms with Crippen molar-refractivity contribution >= 4 is 5.97 Å². The topological polar surface area (TPSA) is 81.1 Å². The molecule has 1 aliphatic heterocycles. The second-order valence-electron chi connectivity index (χ2n) is 5.24. The van der Waals surface area contributed by atoms with Gasteiger partial charge >= 0.3 is 5.97 Å². The lowest BCUT2D eigenvalue weighted by Gasteiger charge is -2.22. The number of carboxylic acid groups (broad SMARTS) is 1. The second kappa shape index (κ2) is 4.76. The van der Waals surface area contributed by atoms with Crippen molar-refractivity contribution in [2.75, 3.05) is 0 Å². The fraction of sp³-hybridized carbons (Fsp3) is 0.333. The van der Waals surface area contributed by atoms with E-state index in [0.717, 1.165) is 30.5 Å². The summed E-state index contributed by atoms with van der Waals surface area (Å²) in [7, 11) is 0. The van der Waals surface area contributed by atoms with E-state index in [2.05, 4.69) is 4.98 Å². The lowest BCUT2D eigenvalue weighted by Crippen LogP contribution is -2.23. The Balaban J connectivity index is 2.22. The Kier molecular flexibility index (Phi) is 3.06. The van der Waals surface area contributed by atoms with Gasteiger partial charge in [0.05, 0.1) is 5.69 Å². The van der Waals surface area contributed by atoms with E-state index in [1.54, 1.807) is 0 Å². The molecule has 20 heavy (non-hydrogen) atoms. The maximum Gasteiger partial charge on any atom is 0.356 e. The molecule has 1 aliphatic rings. The van der Waals surface area contributed by atoms with Crippen LogP contribution in [0.4, 0.5) is 0 Å². The molecular formula is C15H17N3O2. The third-order valence-electron chi connectivity index (χ3n) is 3.73. The van der Waals surface area contributed by atoms with Crippen LogP contribution in [-0.4, -0.2) is 20.6 Å². The molecule has 2 heterocycles. The minimum atomic E-state index is -1.01. The Morgan fingerprint density at radius 3 is 3.00 bits per heavy atom. The van der Waals surface area contributed by atoms with E-state index in [-0.39, 0.29) is 11.7 Å². The number of carboxylic acids is 1. The number of aromatic carboxylic acids is 1. The number of imidazole rings is 1. The summed E-state index contributed by atoms with van der Waals surface area (Å²) in [6.45, 7) is 2.78. The van der Waals surface area contributed by atoms with Crippen LogP contribution in [0, 0.1) is 6.92 Å². The first-order chi connectivity index (χ1) is 9.58. The van der Waals surface area contributed by atoms with Crippen molar-refractivity contribution < 1.29 is 9.90 Å². The van der Waals surface area contributed by atoms with Crippen LogP contribution < -0.4 is 5.73 Å². The van der Waals surface area contributed by atoms with Gasteiger partial charge in [-0.25, -0.2) is 9.78 Å². The summed E-state index contributed by atoms with van der Waals surface area (Å²) in [4.78, 5) is 15.7. The van der Waals surface area contributed by atoms with Crippen molar-refractivity contribution in [3.05, 3.63) is 41.2 Å². The molecule has 0 bridgehead atoms. The third kappa shape index (κ3) is 2.00. The minimum absolute atomic E-state index is 0.0914. The van der Waals surface area contributed by atoms with E-state index < -0.39 is 5.97 Å². The van der Waals surface area contributed by atoms with Crippen LogP contribution in [0.2, 0.25) is 0 Å². The highest BCUT2D eigenvalue weighted by Gasteiger charge is 2.29. The zero-order valence-corrected chi connectivity index (χ0v) is 11.3. The van der Waals surface area contributed by atoms with Crippen molar-refractivity contribution in [1.29, 1.82) is 0 Å². The maximum absolute atomic E-state index is 11.4. The lowest BCUT2D eigenvalue weighted by atomic mass is 10.0. The molecular weight excluding hydrogens is 254 g/mol. The van der Waals surface area contributed by atoms with Crippen molar-refractivity contribution in [3.8, 4) is 11.4 Å². The zero-order chi connectivity index (χ0) is 14.3. The third-order valence-corrected chi connectivity index (χ3v) is 3.73. The molecule has 0 saturated carbocycles. The van der Waals surface area contributed by atoms with E-state index in [1.165, 1.54) is 0 Å². The quantitative estimate of drug-likeness (QED) is 0.878. The smallest absolute Gasteiger partial charge is 0.356 e. The largest absolute Gasteiger partial charge is 0.476 e. The van der Waals surface area contributed by atoms with Gasteiger partial charge in [0.15, 0.2) is 5.69 Å². The highest BCUT2D eigenvalue weighted by Crippen LogP contribution is 2.32. The molecule has 3 rings (SSSR count). The molecule has 0 spiro atoms. The fourth-order valence-corrected chi connectivity index (χ4v) is 2.84. The standard InChI is InChI=1S/C15H17N3O2/c1-9-4-2-5-10(8-9)14-17-12(15(19)20)13-11(16)6-3-7-18(13)14/h2,4-5,8,11H,3,6-7,16H2,1H3,(H,19,20). The Labute approximate surface area is 117 Å². The Hall–Kier alpha value is -2.14. The fourth-order valence-electron chi connectivity index (χ4n) is 2.84. The van der Waals surface area contributed by atoms with Crippen molar-refractivity contribution in [2.45, 2.75) is 32.4 Å². The van der Waals surface area contributed by atoms with Gasteiger partial charge in [-0.15, -0.1) is 0 Å². The van der Waals surface area contributed by atoms with E-state index in [1.807, 2.05) is 35.8 Å². The first kappa shape index (κ1) is 12.9. The number of hydrogen-bond donors (Lipinski definition) is 2. The number of aromatic nitrogens is 2. The maximum atomic E-state index is 11.4. The van der Waals surface area contributed by atoms with Gasteiger partial charge in [-0.1, -0.05) is 23.8 Å². The minimum Gasteiger partial charge on any atom is -0.476 e. The van der Waals surface area contributed by atoms with Gasteiger partial charge in [0.1, 0.15) is 5.82 Å². The van der Waals surface area contributed by atoms with E-state index in [9.17, 15) is 9.90 Å². The van der Waals surface area contributed by atoms with Crippen LogP contribution in [0.5, 0.6) is 0 Å². The molecule has 5 nitrogen and oxygen atoms in total. The second-order valence-corrected chi connectivity index (χ2v) is 5.24. The van der Waals surface area contributed by atoms with Gasteiger partial charge in [-0.3, -0.25) is 0 Å². The van der Waals surface area contributed by atoms with Crippen LogP contribution in [0.1, 0.15) is 40.6 Å². The molecule has 104 valence electrons. The van der Waals surface area contributed by atoms with E-state index in [4.69, 9.17) is 5.73 Å². The zero-order valence-electron chi connectivity index (χ0n) is 11.3. The Bertz CT molecular complexity index is 676. The monoisotopic (exact) mass is 271 g/mol. The van der Waals surface area contributed by atoms with Crippen LogP contribution in [-0.2, 0) is 6.54 Å². The molecule has 0 saturated heterocycles. The number of nitrogens with two attached hydrogens (primary N) is 1. The van der Waals surface area contributed by atoms with Gasteiger partial charge in [-0.05, 0) is 25.8 Å². The van der Waals surface area contributed by atoms with E-state index in [0.29, 0.717) is 11.5 Å². The van der Waals surface area contributed by atoms with Crippen molar-refractivity contribution in [3.63, 3.8) is 0 Å². The van der Waals surface area contributed by atoms with Gasteiger partial charge in [-0.2, -0.15) is 0 Å². The summed E-state index contributed by atoms with van der Waals surface area (Å²) < 4.78 is 1.96. The lowest BCUT2D eigenvalue weighted by molar-refractivity contribution is 0.0688. The van der Waals surface area contributed by atoms with Crippen molar-refractivity contribution in [2.24, 2.45) is 5.73 Å². The summed E-state index contributed by atoms with van der Waals surface area (Å²) in [5.41, 5.74) is 8.89. The van der Waals surface area contributed by atoms with Gasteiger partial charge in [0.2, 0.25) is 0 Å². The average molecular weight is 271 g/mol. The molecule has 2 aromatic rings.